The molecule has 0 radical (unpaired) electrons. The molecule has 2 aliphatic rings. The van der Waals surface area contributed by atoms with Crippen LogP contribution in [0.25, 0.3) is 11.0 Å². The largest absolute Gasteiger partial charge is 0.338 e. The van der Waals surface area contributed by atoms with Gasteiger partial charge in [0.25, 0.3) is 0 Å². The molecule has 182 valence electrons. The molecule has 3 heterocycles. The number of benzene rings is 1. The number of aryl methyl sites for hydroxylation is 2. The number of amides is 1. The summed E-state index contributed by atoms with van der Waals surface area (Å²) in [6.45, 7) is 8.71. The number of hydrogen-bond acceptors (Lipinski definition) is 5. The fraction of sp³-hybridized carbons (Fsp3) is 0.667. The Balaban J connectivity index is 1.45. The van der Waals surface area contributed by atoms with Crippen molar-refractivity contribution in [1.29, 1.82) is 0 Å². The van der Waals surface area contributed by atoms with Crippen LogP contribution in [0.5, 0.6) is 0 Å². The Labute approximate surface area is 197 Å². The molecule has 2 fully saturated rings. The van der Waals surface area contributed by atoms with Crippen molar-refractivity contribution in [1.82, 2.24) is 23.7 Å². The fourth-order valence-electron chi connectivity index (χ4n) is 5.31. The minimum absolute atomic E-state index is 0.202. The van der Waals surface area contributed by atoms with Gasteiger partial charge < -0.3 is 14.4 Å². The molecule has 2 saturated heterocycles. The average molecular weight is 476 g/mol. The van der Waals surface area contributed by atoms with E-state index in [1.807, 2.05) is 31.5 Å². The molecule has 1 unspecified atom stereocenters. The second-order valence-corrected chi connectivity index (χ2v) is 11.2. The fourth-order valence-corrected chi connectivity index (χ4v) is 6.78. The van der Waals surface area contributed by atoms with E-state index < -0.39 is 10.0 Å². The summed E-state index contributed by atoms with van der Waals surface area (Å²) in [5.41, 5.74) is 1.53. The van der Waals surface area contributed by atoms with Gasteiger partial charge in [-0.1, -0.05) is 13.8 Å². The number of rotatable bonds is 9. The Morgan fingerprint density at radius 2 is 1.85 bits per heavy atom. The summed E-state index contributed by atoms with van der Waals surface area (Å²) in [5.74, 6) is 1.01. The Kier molecular flexibility index (Phi) is 7.40. The third-order valence-corrected chi connectivity index (χ3v) is 9.26. The molecule has 4 rings (SSSR count). The Bertz CT molecular complexity index is 1090. The number of carbonyl (C=O) groups excluding carboxylic acids is 1. The summed E-state index contributed by atoms with van der Waals surface area (Å²) in [4.78, 5) is 22.6. The van der Waals surface area contributed by atoms with E-state index in [1.165, 1.54) is 17.1 Å². The molecule has 0 spiro atoms. The van der Waals surface area contributed by atoms with Crippen molar-refractivity contribution in [2.24, 2.45) is 7.05 Å². The molecule has 1 aromatic heterocycles. The van der Waals surface area contributed by atoms with Crippen molar-refractivity contribution >= 4 is 27.0 Å². The van der Waals surface area contributed by atoms with Crippen molar-refractivity contribution in [3.05, 3.63) is 24.0 Å². The van der Waals surface area contributed by atoms with E-state index in [4.69, 9.17) is 4.98 Å². The van der Waals surface area contributed by atoms with Crippen LogP contribution in [0.4, 0.5) is 0 Å². The normalized spacial score (nSPS) is 19.9. The first kappa shape index (κ1) is 24.2. The van der Waals surface area contributed by atoms with E-state index in [-0.39, 0.29) is 10.8 Å². The van der Waals surface area contributed by atoms with Gasteiger partial charge in [0.15, 0.2) is 0 Å². The predicted molar refractivity (Wildman–Crippen MR) is 130 cm³/mol. The summed E-state index contributed by atoms with van der Waals surface area (Å²) in [6.07, 6.45) is 5.70. The minimum Gasteiger partial charge on any atom is -0.338 e. The highest BCUT2D eigenvalue weighted by Crippen LogP contribution is 2.24. The number of carbonyl (C=O) groups is 1. The van der Waals surface area contributed by atoms with Gasteiger partial charge in [-0.05, 0) is 57.0 Å². The van der Waals surface area contributed by atoms with E-state index in [1.54, 1.807) is 12.1 Å². The number of hydrogen-bond donors (Lipinski definition) is 0. The van der Waals surface area contributed by atoms with Gasteiger partial charge in [-0.15, -0.1) is 0 Å². The summed E-state index contributed by atoms with van der Waals surface area (Å²) >= 11 is 0. The van der Waals surface area contributed by atoms with E-state index in [0.29, 0.717) is 37.5 Å². The van der Waals surface area contributed by atoms with Gasteiger partial charge in [0.2, 0.25) is 15.9 Å². The first-order chi connectivity index (χ1) is 15.8. The lowest BCUT2D eigenvalue weighted by atomic mass is 10.2. The van der Waals surface area contributed by atoms with Gasteiger partial charge in [0.05, 0.1) is 15.9 Å². The molecule has 1 aromatic carbocycles. The zero-order valence-corrected chi connectivity index (χ0v) is 21.0. The molecule has 1 atom stereocenters. The third kappa shape index (κ3) is 4.95. The van der Waals surface area contributed by atoms with Gasteiger partial charge in [0, 0.05) is 52.1 Å². The quantitative estimate of drug-likeness (QED) is 0.557. The van der Waals surface area contributed by atoms with E-state index in [0.717, 1.165) is 50.4 Å². The van der Waals surface area contributed by atoms with Crippen LogP contribution in [0.15, 0.2) is 23.1 Å². The van der Waals surface area contributed by atoms with Crippen molar-refractivity contribution in [3.8, 4) is 0 Å². The van der Waals surface area contributed by atoms with E-state index in [9.17, 15) is 13.2 Å². The molecule has 0 N–H and O–H groups in total. The maximum absolute atomic E-state index is 13.0. The number of nitrogens with zero attached hydrogens (tertiary/aromatic N) is 5. The number of sulfonamides is 1. The molecule has 0 saturated carbocycles. The number of likely N-dealkylation sites (tertiary alicyclic amines) is 2. The number of imidazole rings is 1. The predicted octanol–water partition coefficient (Wildman–Crippen LogP) is 2.62. The summed E-state index contributed by atoms with van der Waals surface area (Å²) in [5, 5.41) is 0. The first-order valence-corrected chi connectivity index (χ1v) is 13.8. The van der Waals surface area contributed by atoms with Crippen molar-refractivity contribution < 1.29 is 13.2 Å². The maximum Gasteiger partial charge on any atom is 0.243 e. The topological polar surface area (TPSA) is 78.8 Å². The summed E-state index contributed by atoms with van der Waals surface area (Å²) < 4.78 is 29.2. The summed E-state index contributed by atoms with van der Waals surface area (Å²) in [6, 6.07) is 5.46. The van der Waals surface area contributed by atoms with Gasteiger partial charge in [-0.2, -0.15) is 4.31 Å². The van der Waals surface area contributed by atoms with E-state index >= 15 is 0 Å². The highest BCUT2D eigenvalue weighted by molar-refractivity contribution is 7.89. The van der Waals surface area contributed by atoms with E-state index in [2.05, 4.69) is 9.80 Å². The molecular formula is C24H37N5O3S. The average Bonchev–Trinajstić information content (AvgIpc) is 3.54. The lowest BCUT2D eigenvalue weighted by Gasteiger charge is -2.28. The zero-order chi connectivity index (χ0) is 23.6. The molecule has 0 bridgehead atoms. The molecule has 8 nitrogen and oxygen atoms in total. The van der Waals surface area contributed by atoms with Crippen LogP contribution in [-0.4, -0.2) is 83.3 Å². The zero-order valence-electron chi connectivity index (χ0n) is 20.2. The monoisotopic (exact) mass is 475 g/mol. The van der Waals surface area contributed by atoms with Crippen LogP contribution < -0.4 is 0 Å². The van der Waals surface area contributed by atoms with Crippen LogP contribution in [0.1, 0.15) is 51.8 Å². The third-order valence-electron chi connectivity index (χ3n) is 7.22. The van der Waals surface area contributed by atoms with Crippen molar-refractivity contribution in [2.45, 2.75) is 63.3 Å². The maximum atomic E-state index is 13.0. The lowest BCUT2D eigenvalue weighted by Crippen LogP contribution is -2.42. The number of aromatic nitrogens is 2. The Morgan fingerprint density at radius 3 is 2.55 bits per heavy atom. The standard InChI is InChI=1S/C24H37N5O3S/c1-4-28(5-2)33(31,32)20-10-11-22-21(17-20)25-23(26(22)3)12-13-24(30)29-16-8-9-19(29)18-27-14-6-7-15-27/h10-11,17,19H,4-9,12-16,18H2,1-3H3. The highest BCUT2D eigenvalue weighted by Gasteiger charge is 2.30. The van der Waals surface area contributed by atoms with Gasteiger partial charge in [-0.3, -0.25) is 4.79 Å². The van der Waals surface area contributed by atoms with Crippen LogP contribution in [-0.2, 0) is 28.3 Å². The number of fused-ring (bicyclic) bond motifs is 1. The molecule has 1 amide bonds. The summed E-state index contributed by atoms with van der Waals surface area (Å²) in [7, 11) is -1.60. The second-order valence-electron chi connectivity index (χ2n) is 9.22. The molecule has 9 heteroatoms. The highest BCUT2D eigenvalue weighted by atomic mass is 32.2. The lowest BCUT2D eigenvalue weighted by molar-refractivity contribution is -0.132. The second kappa shape index (κ2) is 10.1. The molecular weight excluding hydrogens is 438 g/mol. The molecule has 2 aromatic rings. The molecule has 0 aliphatic carbocycles. The SMILES string of the molecule is CCN(CC)S(=O)(=O)c1ccc2c(c1)nc(CCC(=O)N1CCCC1CN1CCCC1)n2C. The smallest absolute Gasteiger partial charge is 0.243 e. The minimum atomic E-state index is -3.53. The van der Waals surface area contributed by atoms with Gasteiger partial charge in [-0.25, -0.2) is 13.4 Å². The van der Waals surface area contributed by atoms with Crippen molar-refractivity contribution in [2.75, 3.05) is 39.3 Å². The Morgan fingerprint density at radius 1 is 1.12 bits per heavy atom. The molecule has 33 heavy (non-hydrogen) atoms. The first-order valence-electron chi connectivity index (χ1n) is 12.3. The van der Waals surface area contributed by atoms with Gasteiger partial charge in [0.1, 0.15) is 5.82 Å². The van der Waals surface area contributed by atoms with Crippen LogP contribution >= 0.6 is 0 Å². The van der Waals surface area contributed by atoms with Crippen molar-refractivity contribution in [3.63, 3.8) is 0 Å². The van der Waals surface area contributed by atoms with Crippen LogP contribution in [0.2, 0.25) is 0 Å². The van der Waals surface area contributed by atoms with Crippen LogP contribution in [0, 0.1) is 0 Å². The molecule has 2 aliphatic heterocycles. The van der Waals surface area contributed by atoms with Crippen LogP contribution in [0.3, 0.4) is 0 Å². The Hall–Kier alpha value is -1.97. The van der Waals surface area contributed by atoms with Gasteiger partial charge >= 0.3 is 0 Å².